The summed E-state index contributed by atoms with van der Waals surface area (Å²) < 4.78 is 7.64. The number of hydrogen-bond donors (Lipinski definition) is 0. The van der Waals surface area contributed by atoms with E-state index < -0.39 is 5.97 Å². The van der Waals surface area contributed by atoms with Crippen LogP contribution >= 0.6 is 11.3 Å². The summed E-state index contributed by atoms with van der Waals surface area (Å²) >= 11 is 1.63. The number of nitrogens with zero attached hydrogens (tertiary/aromatic N) is 2. The Labute approximate surface area is 162 Å². The third-order valence-electron chi connectivity index (χ3n) is 4.36. The topological polar surface area (TPSA) is 51.5 Å². The molecule has 0 bridgehead atoms. The van der Waals surface area contributed by atoms with Gasteiger partial charge in [-0.05, 0) is 30.7 Å². The quantitative estimate of drug-likeness (QED) is 0.453. The molecule has 0 saturated heterocycles. The van der Waals surface area contributed by atoms with Crippen LogP contribution in [0.3, 0.4) is 0 Å². The molecule has 0 fully saturated rings. The summed E-state index contributed by atoms with van der Waals surface area (Å²) in [4.78, 5) is 28.2. The minimum atomic E-state index is -0.445. The van der Waals surface area contributed by atoms with Gasteiger partial charge in [0.15, 0.2) is 0 Å². The van der Waals surface area contributed by atoms with Crippen LogP contribution in [0.25, 0.3) is 10.2 Å². The number of hydrogen-bond acceptors (Lipinski definition) is 4. The molecule has 0 aliphatic heterocycles. The zero-order chi connectivity index (χ0) is 19.4. The minimum Gasteiger partial charge on any atom is -0.464 e. The first-order valence-corrected chi connectivity index (χ1v) is 9.57. The van der Waals surface area contributed by atoms with Crippen LogP contribution in [0.15, 0.2) is 55.1 Å². The van der Waals surface area contributed by atoms with Gasteiger partial charge in [0.2, 0.25) is 5.91 Å². The molecule has 0 saturated carbocycles. The molecule has 2 heterocycles. The van der Waals surface area contributed by atoms with Gasteiger partial charge in [-0.2, -0.15) is 0 Å². The lowest BCUT2D eigenvalue weighted by atomic mass is 10.2. The second-order valence-electron chi connectivity index (χ2n) is 6.05. The summed E-state index contributed by atoms with van der Waals surface area (Å²) in [6.45, 7) is 6.29. The van der Waals surface area contributed by atoms with Crippen molar-refractivity contribution in [1.29, 1.82) is 0 Å². The van der Waals surface area contributed by atoms with Gasteiger partial charge in [0.25, 0.3) is 0 Å². The molecule has 3 rings (SSSR count). The second-order valence-corrected chi connectivity index (χ2v) is 7.22. The van der Waals surface area contributed by atoms with Crippen molar-refractivity contribution in [2.24, 2.45) is 0 Å². The molecule has 0 aliphatic rings. The molecular weight excluding hydrogens is 360 g/mol. The van der Waals surface area contributed by atoms with Gasteiger partial charge in [0.1, 0.15) is 12.2 Å². The average molecular weight is 382 g/mol. The van der Waals surface area contributed by atoms with Crippen molar-refractivity contribution in [2.75, 3.05) is 18.6 Å². The first-order chi connectivity index (χ1) is 13.1. The molecule has 0 radical (unpaired) electrons. The first-order valence-electron chi connectivity index (χ1n) is 8.75. The van der Waals surface area contributed by atoms with E-state index in [0.29, 0.717) is 12.2 Å². The van der Waals surface area contributed by atoms with Gasteiger partial charge in [-0.3, -0.25) is 4.79 Å². The summed E-state index contributed by atoms with van der Waals surface area (Å²) in [6, 6.07) is 13.3. The monoisotopic (exact) mass is 382 g/mol. The number of rotatable bonds is 7. The highest BCUT2D eigenvalue weighted by molar-refractivity contribution is 7.19. The number of anilines is 1. The highest BCUT2D eigenvalue weighted by Gasteiger charge is 2.22. The molecule has 2 aromatic heterocycles. The van der Waals surface area contributed by atoms with Gasteiger partial charge in [0.05, 0.1) is 17.3 Å². The van der Waals surface area contributed by atoms with Crippen LogP contribution in [0.1, 0.15) is 22.3 Å². The Kier molecular flexibility index (Phi) is 5.76. The molecule has 1 amide bonds. The Morgan fingerprint density at radius 2 is 2.00 bits per heavy atom. The van der Waals surface area contributed by atoms with E-state index in [2.05, 4.69) is 13.5 Å². The number of fused-ring (bicyclic) bond motifs is 1. The Hall–Kier alpha value is -2.86. The number of para-hydroxylation sites is 1. The number of carbonyl (C=O) groups excluding carboxylic acids is 2. The molecule has 140 valence electrons. The molecule has 1 aromatic carbocycles. The van der Waals surface area contributed by atoms with Crippen molar-refractivity contribution in [3.63, 3.8) is 0 Å². The molecule has 0 spiro atoms. The smallest absolute Gasteiger partial charge is 0.354 e. The lowest BCUT2D eigenvalue weighted by Crippen LogP contribution is -2.34. The number of methoxy groups -OCH3 is 1. The normalized spacial score (nSPS) is 10.7. The number of aromatic nitrogens is 1. The fraction of sp³-hybridized carbons (Fsp3) is 0.238. The zero-order valence-corrected chi connectivity index (χ0v) is 16.3. The number of aryl methyl sites for hydroxylation is 1. The third kappa shape index (κ3) is 3.80. The number of amides is 1. The molecule has 3 aromatic rings. The van der Waals surface area contributed by atoms with Gasteiger partial charge >= 0.3 is 5.97 Å². The third-order valence-corrected chi connectivity index (χ3v) is 5.57. The summed E-state index contributed by atoms with van der Waals surface area (Å²) in [5.41, 5.74) is 2.07. The molecule has 0 unspecified atom stereocenters. The van der Waals surface area contributed by atoms with E-state index in [4.69, 9.17) is 4.74 Å². The van der Waals surface area contributed by atoms with E-state index in [1.54, 1.807) is 32.9 Å². The van der Waals surface area contributed by atoms with E-state index in [0.717, 1.165) is 22.3 Å². The largest absolute Gasteiger partial charge is 0.464 e. The van der Waals surface area contributed by atoms with Crippen LogP contribution < -0.4 is 4.90 Å². The summed E-state index contributed by atoms with van der Waals surface area (Å²) in [7, 11) is 1.35. The standard InChI is InChI=1S/C21H22N2O3S/c1-4-11-22(15-9-7-6-8-10-15)20(24)14-23-17-12-16(5-2)27-19(17)13-18(23)21(25)26-3/h4,6-10,12-13H,1,5,11,14H2,2-3H3. The van der Waals surface area contributed by atoms with Gasteiger partial charge in [-0.1, -0.05) is 31.2 Å². The molecule has 0 atom stereocenters. The zero-order valence-electron chi connectivity index (χ0n) is 15.5. The Morgan fingerprint density at radius 1 is 1.26 bits per heavy atom. The lowest BCUT2D eigenvalue weighted by molar-refractivity contribution is -0.119. The Balaban J connectivity index is 2.00. The van der Waals surface area contributed by atoms with E-state index in [1.807, 2.05) is 36.4 Å². The highest BCUT2D eigenvalue weighted by Crippen LogP contribution is 2.30. The summed E-state index contributed by atoms with van der Waals surface area (Å²) in [5, 5.41) is 0. The van der Waals surface area contributed by atoms with Crippen LogP contribution in [-0.2, 0) is 22.5 Å². The molecular formula is C21H22N2O3S. The maximum absolute atomic E-state index is 13.1. The van der Waals surface area contributed by atoms with E-state index in [-0.39, 0.29) is 12.5 Å². The Bertz CT molecular complexity index is 972. The van der Waals surface area contributed by atoms with Gasteiger partial charge in [0, 0.05) is 17.1 Å². The van der Waals surface area contributed by atoms with Crippen molar-refractivity contribution in [3.8, 4) is 0 Å². The van der Waals surface area contributed by atoms with Crippen LogP contribution in [-0.4, -0.2) is 30.1 Å². The lowest BCUT2D eigenvalue weighted by Gasteiger charge is -2.22. The van der Waals surface area contributed by atoms with Crippen LogP contribution in [0, 0.1) is 0 Å². The van der Waals surface area contributed by atoms with E-state index in [1.165, 1.54) is 12.0 Å². The van der Waals surface area contributed by atoms with Crippen molar-refractivity contribution < 1.29 is 14.3 Å². The van der Waals surface area contributed by atoms with Crippen molar-refractivity contribution in [2.45, 2.75) is 19.9 Å². The van der Waals surface area contributed by atoms with Crippen molar-refractivity contribution in [3.05, 3.63) is 65.7 Å². The molecule has 0 aliphatic carbocycles. The molecule has 6 heteroatoms. The predicted octanol–water partition coefficient (Wildman–Crippen LogP) is 4.27. The number of esters is 1. The summed E-state index contributed by atoms with van der Waals surface area (Å²) in [6.07, 6.45) is 2.60. The minimum absolute atomic E-state index is 0.0521. The molecule has 0 N–H and O–H groups in total. The Morgan fingerprint density at radius 3 is 2.63 bits per heavy atom. The molecule has 27 heavy (non-hydrogen) atoms. The fourth-order valence-electron chi connectivity index (χ4n) is 3.02. The van der Waals surface area contributed by atoms with E-state index in [9.17, 15) is 9.59 Å². The fourth-order valence-corrected chi connectivity index (χ4v) is 4.06. The maximum atomic E-state index is 13.1. The maximum Gasteiger partial charge on any atom is 0.354 e. The van der Waals surface area contributed by atoms with Gasteiger partial charge in [-0.25, -0.2) is 4.79 Å². The second kappa shape index (κ2) is 8.22. The number of carbonyl (C=O) groups is 2. The predicted molar refractivity (Wildman–Crippen MR) is 110 cm³/mol. The van der Waals surface area contributed by atoms with Gasteiger partial charge in [-0.15, -0.1) is 17.9 Å². The summed E-state index contributed by atoms with van der Waals surface area (Å²) in [5.74, 6) is -0.563. The van der Waals surface area contributed by atoms with Crippen molar-refractivity contribution in [1.82, 2.24) is 4.57 Å². The van der Waals surface area contributed by atoms with Gasteiger partial charge < -0.3 is 14.2 Å². The highest BCUT2D eigenvalue weighted by atomic mass is 32.1. The SMILES string of the molecule is C=CCN(C(=O)Cn1c(C(=O)OC)cc2sc(CC)cc21)c1ccccc1. The van der Waals surface area contributed by atoms with Crippen molar-refractivity contribution >= 4 is 39.1 Å². The number of benzene rings is 1. The van der Waals surface area contributed by atoms with Crippen LogP contribution in [0.5, 0.6) is 0 Å². The molecule has 5 nitrogen and oxygen atoms in total. The average Bonchev–Trinajstić information content (AvgIpc) is 3.24. The van der Waals surface area contributed by atoms with E-state index >= 15 is 0 Å². The number of thiophene rings is 1. The first kappa shape index (κ1) is 18.9. The number of ether oxygens (including phenoxy) is 1. The van der Waals surface area contributed by atoms with Crippen LogP contribution in [0.2, 0.25) is 0 Å². The van der Waals surface area contributed by atoms with Crippen LogP contribution in [0.4, 0.5) is 5.69 Å².